The number of hydrogen-bond acceptors (Lipinski definition) is 1. The van der Waals surface area contributed by atoms with Crippen molar-refractivity contribution in [3.05, 3.63) is 34.6 Å². The van der Waals surface area contributed by atoms with E-state index in [4.69, 9.17) is 11.6 Å². The smallest absolute Gasteiger partial charge is 0.142 e. The van der Waals surface area contributed by atoms with E-state index < -0.39 is 0 Å². The van der Waals surface area contributed by atoms with E-state index in [1.165, 1.54) is 12.5 Å². The minimum Gasteiger partial charge on any atom is -0.314 e. The predicted molar refractivity (Wildman–Crippen MR) is 81.3 cm³/mol. The fourth-order valence-electron chi connectivity index (χ4n) is 2.21. The highest BCUT2D eigenvalue weighted by Crippen LogP contribution is 2.23. The third-order valence-electron chi connectivity index (χ3n) is 3.56. The number of halogens is 2. The summed E-state index contributed by atoms with van der Waals surface area (Å²) in [6, 6.07) is 5.43. The van der Waals surface area contributed by atoms with E-state index >= 15 is 0 Å². The van der Waals surface area contributed by atoms with Crippen LogP contribution in [0.1, 0.15) is 45.6 Å². The third-order valence-corrected chi connectivity index (χ3v) is 3.99. The van der Waals surface area contributed by atoms with Crippen LogP contribution >= 0.6 is 11.6 Å². The Labute approximate surface area is 121 Å². The first-order valence-corrected chi connectivity index (χ1v) is 7.62. The Kier molecular flexibility index (Phi) is 7.40. The molecule has 0 bridgehead atoms. The largest absolute Gasteiger partial charge is 0.314 e. The van der Waals surface area contributed by atoms with Crippen molar-refractivity contribution in [3.63, 3.8) is 0 Å². The van der Waals surface area contributed by atoms with Gasteiger partial charge in [0.25, 0.3) is 0 Å². The summed E-state index contributed by atoms with van der Waals surface area (Å²) < 4.78 is 13.5. The molecule has 1 N–H and O–H groups in total. The van der Waals surface area contributed by atoms with Gasteiger partial charge in [0.05, 0.1) is 5.02 Å². The first-order valence-electron chi connectivity index (χ1n) is 7.24. The normalized spacial score (nSPS) is 14.4. The molecule has 2 atom stereocenters. The highest BCUT2D eigenvalue weighted by Gasteiger charge is 2.15. The van der Waals surface area contributed by atoms with Crippen LogP contribution in [-0.4, -0.2) is 12.6 Å². The van der Waals surface area contributed by atoms with Crippen LogP contribution in [-0.2, 0) is 6.42 Å². The van der Waals surface area contributed by atoms with Gasteiger partial charge in [0.15, 0.2) is 0 Å². The summed E-state index contributed by atoms with van der Waals surface area (Å²) in [5, 5.41) is 3.82. The first-order chi connectivity index (χ1) is 9.08. The van der Waals surface area contributed by atoms with Gasteiger partial charge in [-0.1, -0.05) is 50.9 Å². The van der Waals surface area contributed by atoms with Gasteiger partial charge >= 0.3 is 0 Å². The van der Waals surface area contributed by atoms with Crippen LogP contribution < -0.4 is 5.32 Å². The Morgan fingerprint density at radius 3 is 2.68 bits per heavy atom. The quantitative estimate of drug-likeness (QED) is 0.722. The average molecular weight is 286 g/mol. The summed E-state index contributed by atoms with van der Waals surface area (Å²) in [5.41, 5.74) is 0.901. The van der Waals surface area contributed by atoms with Crippen molar-refractivity contribution in [1.29, 1.82) is 0 Å². The van der Waals surface area contributed by atoms with E-state index in [2.05, 4.69) is 26.1 Å². The second kappa shape index (κ2) is 8.55. The highest BCUT2D eigenvalue weighted by atomic mass is 35.5. The molecule has 0 heterocycles. The molecule has 0 aliphatic heterocycles. The van der Waals surface area contributed by atoms with Gasteiger partial charge in [0, 0.05) is 6.04 Å². The lowest BCUT2D eigenvalue weighted by Gasteiger charge is -2.22. The van der Waals surface area contributed by atoms with Gasteiger partial charge in [0.2, 0.25) is 0 Å². The maximum atomic E-state index is 13.5. The molecule has 1 aromatic rings. The second-order valence-electron chi connectivity index (χ2n) is 5.32. The van der Waals surface area contributed by atoms with Gasteiger partial charge in [-0.05, 0) is 43.4 Å². The fourth-order valence-corrected chi connectivity index (χ4v) is 2.41. The molecule has 0 saturated carbocycles. The van der Waals surface area contributed by atoms with E-state index in [1.54, 1.807) is 6.07 Å². The Balaban J connectivity index is 2.72. The summed E-state index contributed by atoms with van der Waals surface area (Å²) in [6.07, 6.45) is 4.17. The predicted octanol–water partition coefficient (Wildman–Crippen LogP) is 4.83. The molecule has 19 heavy (non-hydrogen) atoms. The lowest BCUT2D eigenvalue weighted by molar-refractivity contribution is 0.391. The van der Waals surface area contributed by atoms with Gasteiger partial charge < -0.3 is 5.32 Å². The summed E-state index contributed by atoms with van der Waals surface area (Å²) >= 11 is 6.04. The monoisotopic (exact) mass is 285 g/mol. The van der Waals surface area contributed by atoms with E-state index in [0.717, 1.165) is 31.4 Å². The molecule has 2 unspecified atom stereocenters. The van der Waals surface area contributed by atoms with Crippen molar-refractivity contribution in [2.45, 2.75) is 52.5 Å². The van der Waals surface area contributed by atoms with Crippen molar-refractivity contribution in [1.82, 2.24) is 5.32 Å². The molecule has 0 radical (unpaired) electrons. The number of benzene rings is 1. The van der Waals surface area contributed by atoms with E-state index in [-0.39, 0.29) is 10.8 Å². The second-order valence-corrected chi connectivity index (χ2v) is 5.70. The van der Waals surface area contributed by atoms with E-state index in [1.807, 2.05) is 6.07 Å². The molecule has 0 aliphatic carbocycles. The van der Waals surface area contributed by atoms with Crippen molar-refractivity contribution < 1.29 is 4.39 Å². The molecule has 0 saturated heterocycles. The molecule has 0 spiro atoms. The molecule has 0 amide bonds. The zero-order valence-electron chi connectivity index (χ0n) is 12.2. The summed E-state index contributed by atoms with van der Waals surface area (Å²) in [4.78, 5) is 0. The minimum atomic E-state index is -0.322. The zero-order valence-corrected chi connectivity index (χ0v) is 12.9. The molecule has 1 nitrogen and oxygen atoms in total. The van der Waals surface area contributed by atoms with Crippen LogP contribution in [0.15, 0.2) is 18.2 Å². The SMILES string of the molecule is CCCNC(Cc1cccc(F)c1Cl)CC(C)CC. The van der Waals surface area contributed by atoms with Crippen LogP contribution in [0.25, 0.3) is 0 Å². The van der Waals surface area contributed by atoms with Crippen LogP contribution in [0.3, 0.4) is 0 Å². The summed E-state index contributed by atoms with van der Waals surface area (Å²) in [7, 11) is 0. The lowest BCUT2D eigenvalue weighted by Crippen LogP contribution is -2.33. The number of rotatable bonds is 8. The lowest BCUT2D eigenvalue weighted by atomic mass is 9.94. The van der Waals surface area contributed by atoms with Crippen LogP contribution in [0.4, 0.5) is 4.39 Å². The van der Waals surface area contributed by atoms with E-state index in [9.17, 15) is 4.39 Å². The molecular formula is C16H25ClFN. The van der Waals surface area contributed by atoms with Crippen molar-refractivity contribution in [3.8, 4) is 0 Å². The maximum Gasteiger partial charge on any atom is 0.142 e. The van der Waals surface area contributed by atoms with Gasteiger partial charge in [0.1, 0.15) is 5.82 Å². The zero-order chi connectivity index (χ0) is 14.3. The van der Waals surface area contributed by atoms with E-state index in [0.29, 0.717) is 12.0 Å². The molecule has 0 aliphatic rings. The van der Waals surface area contributed by atoms with Crippen LogP contribution in [0.2, 0.25) is 5.02 Å². The maximum absolute atomic E-state index is 13.5. The average Bonchev–Trinajstić information content (AvgIpc) is 2.41. The van der Waals surface area contributed by atoms with Gasteiger partial charge in [-0.3, -0.25) is 0 Å². The van der Waals surface area contributed by atoms with Crippen LogP contribution in [0, 0.1) is 11.7 Å². The molecular weight excluding hydrogens is 261 g/mol. The Morgan fingerprint density at radius 2 is 2.05 bits per heavy atom. The Bertz CT molecular complexity index is 381. The summed E-state index contributed by atoms with van der Waals surface area (Å²) in [6.45, 7) is 7.61. The Hall–Kier alpha value is -0.600. The standard InChI is InChI=1S/C16H25ClFN/c1-4-9-19-14(10-12(3)5-2)11-13-7-6-8-15(18)16(13)17/h6-8,12,14,19H,4-5,9-11H2,1-3H3. The van der Waals surface area contributed by atoms with Gasteiger partial charge in [-0.15, -0.1) is 0 Å². The van der Waals surface area contributed by atoms with Crippen molar-refractivity contribution in [2.24, 2.45) is 5.92 Å². The fraction of sp³-hybridized carbons (Fsp3) is 0.625. The van der Waals surface area contributed by atoms with Gasteiger partial charge in [-0.2, -0.15) is 0 Å². The molecule has 0 fully saturated rings. The third kappa shape index (κ3) is 5.50. The topological polar surface area (TPSA) is 12.0 Å². The number of hydrogen-bond donors (Lipinski definition) is 1. The first kappa shape index (κ1) is 16.5. The number of nitrogens with one attached hydrogen (secondary N) is 1. The van der Waals surface area contributed by atoms with Gasteiger partial charge in [-0.25, -0.2) is 4.39 Å². The minimum absolute atomic E-state index is 0.273. The summed E-state index contributed by atoms with van der Waals surface area (Å²) in [5.74, 6) is 0.346. The van der Waals surface area contributed by atoms with Crippen molar-refractivity contribution in [2.75, 3.05) is 6.54 Å². The molecule has 3 heteroatoms. The Morgan fingerprint density at radius 1 is 1.32 bits per heavy atom. The van der Waals surface area contributed by atoms with Crippen molar-refractivity contribution >= 4 is 11.6 Å². The highest BCUT2D eigenvalue weighted by molar-refractivity contribution is 6.31. The molecule has 1 aromatic carbocycles. The van der Waals surface area contributed by atoms with Crippen LogP contribution in [0.5, 0.6) is 0 Å². The molecule has 0 aromatic heterocycles. The molecule has 1 rings (SSSR count). The molecule has 108 valence electrons.